The number of nitrogens with zero attached hydrogens (tertiary/aromatic N) is 3. The molecule has 0 spiro atoms. The van der Waals surface area contributed by atoms with Gasteiger partial charge in [-0.15, -0.1) is 0 Å². The van der Waals surface area contributed by atoms with Crippen LogP contribution in [0, 0.1) is 0 Å². The molecule has 0 amide bonds. The summed E-state index contributed by atoms with van der Waals surface area (Å²) in [7, 11) is 0. The van der Waals surface area contributed by atoms with E-state index in [1.54, 1.807) is 0 Å². The van der Waals surface area contributed by atoms with Gasteiger partial charge in [-0.05, 0) is 30.4 Å². The maximum atomic E-state index is 12.7. The summed E-state index contributed by atoms with van der Waals surface area (Å²) in [5.74, 6) is -1.08. The number of piperidine rings is 1. The molecule has 136 valence electrons. The van der Waals surface area contributed by atoms with Gasteiger partial charge in [0.2, 0.25) is 5.82 Å². The number of aromatic nitrogens is 2. The molecule has 2 bridgehead atoms. The van der Waals surface area contributed by atoms with Crippen molar-refractivity contribution >= 4 is 5.57 Å². The molecule has 2 aromatic rings. The van der Waals surface area contributed by atoms with Crippen LogP contribution in [-0.2, 0) is 12.7 Å². The quantitative estimate of drug-likeness (QED) is 0.795. The molecule has 26 heavy (non-hydrogen) atoms. The van der Waals surface area contributed by atoms with Gasteiger partial charge in [-0.25, -0.2) is 9.97 Å². The topological polar surface area (TPSA) is 29.0 Å². The van der Waals surface area contributed by atoms with E-state index in [-0.39, 0.29) is 0 Å². The van der Waals surface area contributed by atoms with Crippen LogP contribution in [0.5, 0.6) is 0 Å². The molecule has 2 aliphatic rings. The second-order valence-corrected chi connectivity index (χ2v) is 7.00. The van der Waals surface area contributed by atoms with Crippen LogP contribution in [0.15, 0.2) is 48.8 Å². The predicted octanol–water partition coefficient (Wildman–Crippen LogP) is 4.71. The Bertz CT molecular complexity index is 784. The Hall–Kier alpha value is -2.21. The molecule has 0 N–H and O–H groups in total. The van der Waals surface area contributed by atoms with Crippen molar-refractivity contribution in [3.05, 3.63) is 65.8 Å². The molecule has 1 fully saturated rings. The summed E-state index contributed by atoms with van der Waals surface area (Å²) in [5.41, 5.74) is 3.06. The second-order valence-electron chi connectivity index (χ2n) is 7.00. The van der Waals surface area contributed by atoms with Crippen LogP contribution in [0.25, 0.3) is 5.57 Å². The van der Waals surface area contributed by atoms with E-state index in [1.165, 1.54) is 24.4 Å². The third-order valence-corrected chi connectivity index (χ3v) is 5.27. The van der Waals surface area contributed by atoms with Gasteiger partial charge >= 0.3 is 6.18 Å². The van der Waals surface area contributed by atoms with Crippen molar-refractivity contribution in [3.8, 4) is 0 Å². The lowest BCUT2D eigenvalue weighted by atomic mass is 9.83. The van der Waals surface area contributed by atoms with E-state index in [1.807, 2.05) is 6.07 Å². The fraction of sp³-hybridized carbons (Fsp3) is 0.400. The average molecular weight is 359 g/mol. The first kappa shape index (κ1) is 17.2. The van der Waals surface area contributed by atoms with Crippen LogP contribution in [-0.4, -0.2) is 27.0 Å². The molecule has 0 radical (unpaired) electrons. The third kappa shape index (κ3) is 3.51. The van der Waals surface area contributed by atoms with E-state index < -0.39 is 12.0 Å². The predicted molar refractivity (Wildman–Crippen MR) is 93.0 cm³/mol. The molecule has 1 saturated heterocycles. The molecule has 4 rings (SSSR count). The van der Waals surface area contributed by atoms with Crippen molar-refractivity contribution in [2.24, 2.45) is 0 Å². The summed E-state index contributed by atoms with van der Waals surface area (Å²) in [6, 6.07) is 11.1. The van der Waals surface area contributed by atoms with Crippen LogP contribution < -0.4 is 0 Å². The Kier molecular flexibility index (Phi) is 4.53. The van der Waals surface area contributed by atoms with Gasteiger partial charge in [0, 0.05) is 36.6 Å². The van der Waals surface area contributed by atoms with Crippen molar-refractivity contribution in [3.63, 3.8) is 0 Å². The van der Waals surface area contributed by atoms with Gasteiger partial charge in [-0.1, -0.05) is 42.8 Å². The number of benzene rings is 1. The Morgan fingerprint density at radius 3 is 2.42 bits per heavy atom. The zero-order valence-corrected chi connectivity index (χ0v) is 14.3. The van der Waals surface area contributed by atoms with Gasteiger partial charge in [0.25, 0.3) is 0 Å². The molecule has 2 atom stereocenters. The van der Waals surface area contributed by atoms with E-state index >= 15 is 0 Å². The molecule has 2 aliphatic heterocycles. The number of rotatable bonds is 3. The van der Waals surface area contributed by atoms with Crippen molar-refractivity contribution in [1.29, 1.82) is 0 Å². The van der Waals surface area contributed by atoms with Gasteiger partial charge in [-0.3, -0.25) is 4.90 Å². The van der Waals surface area contributed by atoms with Crippen molar-refractivity contribution < 1.29 is 13.2 Å². The standard InChI is InChI=1S/C20H20F3N3/c21-20(22,23)19-24-11-16(12-25-19)15-9-17-7-4-8-18(10-15)26(17)13-14-5-2-1-3-6-14/h1-3,5-6,9,11-12,17-18H,4,7-8,10,13H2. The van der Waals surface area contributed by atoms with E-state index in [4.69, 9.17) is 0 Å². The zero-order chi connectivity index (χ0) is 18.1. The second kappa shape index (κ2) is 6.83. The average Bonchev–Trinajstić information content (AvgIpc) is 2.62. The van der Waals surface area contributed by atoms with Crippen LogP contribution in [0.3, 0.4) is 0 Å². The number of fused-ring (bicyclic) bond motifs is 2. The first-order chi connectivity index (χ1) is 12.5. The van der Waals surface area contributed by atoms with Crippen LogP contribution >= 0.6 is 0 Å². The number of hydrogen-bond donors (Lipinski definition) is 0. The van der Waals surface area contributed by atoms with Gasteiger partial charge in [0.1, 0.15) is 0 Å². The molecule has 6 heteroatoms. The Labute approximate surface area is 150 Å². The smallest absolute Gasteiger partial charge is 0.289 e. The highest BCUT2D eigenvalue weighted by Gasteiger charge is 2.36. The molecule has 0 saturated carbocycles. The molecule has 2 unspecified atom stereocenters. The molecular weight excluding hydrogens is 339 g/mol. The molecular formula is C20H20F3N3. The Morgan fingerprint density at radius 2 is 1.77 bits per heavy atom. The minimum absolute atomic E-state index is 0.319. The van der Waals surface area contributed by atoms with Crippen molar-refractivity contribution in [2.45, 2.75) is 50.5 Å². The minimum Gasteiger partial charge on any atom is -0.289 e. The van der Waals surface area contributed by atoms with E-state index in [2.05, 4.69) is 45.2 Å². The summed E-state index contributed by atoms with van der Waals surface area (Å²) in [6.45, 7) is 0.906. The maximum Gasteiger partial charge on any atom is 0.451 e. The zero-order valence-electron chi connectivity index (χ0n) is 14.3. The first-order valence-corrected chi connectivity index (χ1v) is 8.91. The Morgan fingerprint density at radius 1 is 1.04 bits per heavy atom. The molecule has 0 aliphatic carbocycles. The summed E-state index contributed by atoms with van der Waals surface area (Å²) in [5, 5.41) is 0. The van der Waals surface area contributed by atoms with Gasteiger partial charge in [0.15, 0.2) is 0 Å². The summed E-state index contributed by atoms with van der Waals surface area (Å²) in [6.07, 6.45) is 4.53. The summed E-state index contributed by atoms with van der Waals surface area (Å²) >= 11 is 0. The van der Waals surface area contributed by atoms with E-state index in [0.29, 0.717) is 17.6 Å². The SMILES string of the molecule is FC(F)(F)c1ncc(C2=CC3CCCC(C2)N3Cc2ccccc2)cn1. The van der Waals surface area contributed by atoms with Crippen LogP contribution in [0.4, 0.5) is 13.2 Å². The monoisotopic (exact) mass is 359 g/mol. The molecule has 1 aromatic heterocycles. The van der Waals surface area contributed by atoms with Gasteiger partial charge in [-0.2, -0.15) is 13.2 Å². The Balaban J connectivity index is 1.56. The molecule has 3 nitrogen and oxygen atoms in total. The number of halogens is 3. The lowest BCUT2D eigenvalue weighted by Crippen LogP contribution is -2.47. The highest BCUT2D eigenvalue weighted by atomic mass is 19.4. The fourth-order valence-corrected chi connectivity index (χ4v) is 4.01. The lowest BCUT2D eigenvalue weighted by molar-refractivity contribution is -0.145. The maximum absolute atomic E-state index is 12.7. The lowest BCUT2D eigenvalue weighted by Gasteiger charge is -2.45. The van der Waals surface area contributed by atoms with E-state index in [0.717, 1.165) is 31.4 Å². The largest absolute Gasteiger partial charge is 0.451 e. The van der Waals surface area contributed by atoms with Crippen LogP contribution in [0.2, 0.25) is 0 Å². The van der Waals surface area contributed by atoms with Gasteiger partial charge < -0.3 is 0 Å². The highest BCUT2D eigenvalue weighted by Crippen LogP contribution is 2.38. The summed E-state index contributed by atoms with van der Waals surface area (Å²) < 4.78 is 38.0. The molecule has 1 aromatic carbocycles. The van der Waals surface area contributed by atoms with Crippen molar-refractivity contribution in [2.75, 3.05) is 0 Å². The third-order valence-electron chi connectivity index (χ3n) is 5.27. The van der Waals surface area contributed by atoms with Crippen molar-refractivity contribution in [1.82, 2.24) is 14.9 Å². The normalized spacial score (nSPS) is 23.6. The first-order valence-electron chi connectivity index (χ1n) is 8.91. The summed E-state index contributed by atoms with van der Waals surface area (Å²) in [4.78, 5) is 9.55. The van der Waals surface area contributed by atoms with E-state index in [9.17, 15) is 13.2 Å². The molecule has 3 heterocycles. The van der Waals surface area contributed by atoms with Crippen LogP contribution in [0.1, 0.15) is 42.6 Å². The fourth-order valence-electron chi connectivity index (χ4n) is 4.01. The highest BCUT2D eigenvalue weighted by molar-refractivity contribution is 5.66. The minimum atomic E-state index is -4.50. The number of alkyl halides is 3. The van der Waals surface area contributed by atoms with Gasteiger partial charge in [0.05, 0.1) is 0 Å². The number of hydrogen-bond acceptors (Lipinski definition) is 3.